The summed E-state index contributed by atoms with van der Waals surface area (Å²) in [6, 6.07) is 10.0. The molecule has 14 heavy (non-hydrogen) atoms. The van der Waals surface area contributed by atoms with E-state index in [1.165, 1.54) is 17.3 Å². The zero-order chi connectivity index (χ0) is 9.97. The van der Waals surface area contributed by atoms with Crippen molar-refractivity contribution in [3.05, 3.63) is 42.2 Å². The SMILES string of the molecule is C#Cc1ccn(O)n1.c1cc2ccc1-2. The van der Waals surface area contributed by atoms with Crippen molar-refractivity contribution in [1.82, 2.24) is 9.94 Å². The highest BCUT2D eigenvalue weighted by Crippen LogP contribution is 2.29. The summed E-state index contributed by atoms with van der Waals surface area (Å²) in [5.41, 5.74) is 3.29. The van der Waals surface area contributed by atoms with Crippen LogP contribution >= 0.6 is 0 Å². The average molecular weight is 184 g/mol. The van der Waals surface area contributed by atoms with E-state index in [0.717, 1.165) is 0 Å². The highest BCUT2D eigenvalue weighted by Gasteiger charge is 2.03. The van der Waals surface area contributed by atoms with Crippen LogP contribution in [0.2, 0.25) is 0 Å². The first kappa shape index (κ1) is 8.39. The Hall–Kier alpha value is -2.21. The number of nitrogens with zero attached hydrogens (tertiary/aromatic N) is 2. The Bertz CT molecular complexity index is 456. The predicted molar refractivity (Wildman–Crippen MR) is 52.8 cm³/mol. The van der Waals surface area contributed by atoms with E-state index in [1.807, 2.05) is 0 Å². The van der Waals surface area contributed by atoms with Crippen LogP contribution in [0.3, 0.4) is 0 Å². The van der Waals surface area contributed by atoms with E-state index >= 15 is 0 Å². The number of benzene rings is 1. The summed E-state index contributed by atoms with van der Waals surface area (Å²) in [5.74, 6) is 2.26. The molecule has 3 heteroatoms. The summed E-state index contributed by atoms with van der Waals surface area (Å²) >= 11 is 0. The van der Waals surface area contributed by atoms with Crippen LogP contribution in [0, 0.1) is 12.3 Å². The number of rotatable bonds is 0. The van der Waals surface area contributed by atoms with Gasteiger partial charge in [-0.15, -0.1) is 16.4 Å². The second-order valence-electron chi connectivity index (χ2n) is 2.84. The van der Waals surface area contributed by atoms with E-state index in [4.69, 9.17) is 11.6 Å². The number of fused-ring (bicyclic) bond motifs is 1. The molecule has 3 rings (SSSR count). The molecule has 0 fully saturated rings. The van der Waals surface area contributed by atoms with E-state index in [-0.39, 0.29) is 0 Å². The number of aromatic nitrogens is 2. The first-order valence-corrected chi connectivity index (χ1v) is 4.11. The molecule has 0 saturated carbocycles. The molecule has 1 heterocycles. The summed E-state index contributed by atoms with van der Waals surface area (Å²) in [5, 5.41) is 12.0. The molecule has 2 aliphatic carbocycles. The molecule has 0 radical (unpaired) electrons. The molecule has 68 valence electrons. The van der Waals surface area contributed by atoms with E-state index in [9.17, 15) is 0 Å². The molecule has 0 spiro atoms. The van der Waals surface area contributed by atoms with Crippen LogP contribution < -0.4 is 0 Å². The fourth-order valence-corrected chi connectivity index (χ4v) is 1.05. The van der Waals surface area contributed by atoms with Gasteiger partial charge in [0.05, 0.1) is 6.20 Å². The molecular weight excluding hydrogens is 176 g/mol. The second-order valence-corrected chi connectivity index (χ2v) is 2.84. The van der Waals surface area contributed by atoms with Crippen LogP contribution in [0.25, 0.3) is 11.1 Å². The Kier molecular flexibility index (Phi) is 1.96. The summed E-state index contributed by atoms with van der Waals surface area (Å²) in [4.78, 5) is 0.676. The van der Waals surface area contributed by atoms with Crippen LogP contribution in [0.4, 0.5) is 0 Å². The topological polar surface area (TPSA) is 38.0 Å². The first-order valence-electron chi connectivity index (χ1n) is 4.11. The molecule has 0 bridgehead atoms. The van der Waals surface area contributed by atoms with Crippen molar-refractivity contribution >= 4 is 0 Å². The third-order valence-electron chi connectivity index (χ3n) is 1.94. The molecular formula is C11H8N2O. The fourth-order valence-electron chi connectivity index (χ4n) is 1.05. The maximum Gasteiger partial charge on any atom is 0.138 e. The van der Waals surface area contributed by atoms with Gasteiger partial charge < -0.3 is 5.21 Å². The minimum absolute atomic E-state index is 0.438. The molecule has 0 aromatic carbocycles. The zero-order valence-corrected chi connectivity index (χ0v) is 7.38. The fraction of sp³-hybridized carbons (Fsp3) is 0. The lowest BCUT2D eigenvalue weighted by molar-refractivity contribution is 0.148. The average Bonchev–Trinajstić information content (AvgIpc) is 2.58. The molecule has 0 saturated heterocycles. The van der Waals surface area contributed by atoms with Crippen molar-refractivity contribution in [3.8, 4) is 23.5 Å². The van der Waals surface area contributed by atoms with Crippen molar-refractivity contribution in [2.75, 3.05) is 0 Å². The molecule has 1 N–H and O–H groups in total. The van der Waals surface area contributed by atoms with Crippen LogP contribution in [-0.2, 0) is 0 Å². The van der Waals surface area contributed by atoms with E-state index in [1.54, 1.807) is 6.07 Å². The maximum atomic E-state index is 8.49. The van der Waals surface area contributed by atoms with Gasteiger partial charge in [0.15, 0.2) is 0 Å². The van der Waals surface area contributed by atoms with Gasteiger partial charge in [-0.2, -0.15) is 0 Å². The lowest BCUT2D eigenvalue weighted by Gasteiger charge is -2.10. The van der Waals surface area contributed by atoms with E-state index in [0.29, 0.717) is 10.5 Å². The van der Waals surface area contributed by atoms with Gasteiger partial charge in [0, 0.05) is 0 Å². The summed E-state index contributed by atoms with van der Waals surface area (Å²) in [7, 11) is 0. The Balaban J connectivity index is 0.000000110. The second kappa shape index (κ2) is 3.27. The largest absolute Gasteiger partial charge is 0.412 e. The van der Waals surface area contributed by atoms with Gasteiger partial charge in [0.1, 0.15) is 5.69 Å². The monoisotopic (exact) mass is 184 g/mol. The summed E-state index contributed by atoms with van der Waals surface area (Å²) < 4.78 is 0. The van der Waals surface area contributed by atoms with Crippen molar-refractivity contribution < 1.29 is 5.21 Å². The third-order valence-corrected chi connectivity index (χ3v) is 1.94. The van der Waals surface area contributed by atoms with Crippen molar-refractivity contribution in [1.29, 1.82) is 0 Å². The van der Waals surface area contributed by atoms with Crippen molar-refractivity contribution in [3.63, 3.8) is 0 Å². The third kappa shape index (κ3) is 1.46. The minimum atomic E-state index is 0.438. The highest BCUT2D eigenvalue weighted by atomic mass is 16.5. The van der Waals surface area contributed by atoms with Gasteiger partial charge in [0.2, 0.25) is 0 Å². The predicted octanol–water partition coefficient (Wildman–Crippen LogP) is 1.77. The Morgan fingerprint density at radius 3 is 1.86 bits per heavy atom. The van der Waals surface area contributed by atoms with Gasteiger partial charge in [-0.05, 0) is 23.1 Å². The number of terminal acetylenes is 1. The van der Waals surface area contributed by atoms with Gasteiger partial charge >= 0.3 is 0 Å². The van der Waals surface area contributed by atoms with Gasteiger partial charge in [-0.1, -0.05) is 24.3 Å². The summed E-state index contributed by atoms with van der Waals surface area (Å²) in [6.07, 6.45) is 6.30. The van der Waals surface area contributed by atoms with E-state index < -0.39 is 0 Å². The molecule has 0 atom stereocenters. The van der Waals surface area contributed by atoms with E-state index in [2.05, 4.69) is 35.3 Å². The zero-order valence-electron chi connectivity index (χ0n) is 7.38. The molecule has 1 aromatic heterocycles. The normalized spacial score (nSPS) is 9.64. The van der Waals surface area contributed by atoms with Crippen LogP contribution in [0.15, 0.2) is 36.5 Å². The van der Waals surface area contributed by atoms with Crippen LogP contribution in [0.5, 0.6) is 0 Å². The molecule has 3 nitrogen and oxygen atoms in total. The molecule has 0 amide bonds. The van der Waals surface area contributed by atoms with Gasteiger partial charge in [0.25, 0.3) is 0 Å². The van der Waals surface area contributed by atoms with Crippen molar-refractivity contribution in [2.24, 2.45) is 0 Å². The van der Waals surface area contributed by atoms with Gasteiger partial charge in [-0.3, -0.25) is 0 Å². The smallest absolute Gasteiger partial charge is 0.138 e. The first-order chi connectivity index (χ1) is 6.79. The Morgan fingerprint density at radius 1 is 1.14 bits per heavy atom. The van der Waals surface area contributed by atoms with Crippen LogP contribution in [0.1, 0.15) is 5.69 Å². The lowest BCUT2D eigenvalue weighted by atomic mass is 9.95. The Labute approximate surface area is 81.6 Å². The maximum absolute atomic E-state index is 8.49. The molecule has 0 aliphatic heterocycles. The van der Waals surface area contributed by atoms with Crippen LogP contribution in [-0.4, -0.2) is 15.2 Å². The lowest BCUT2D eigenvalue weighted by Crippen LogP contribution is -1.88. The molecule has 2 aliphatic rings. The molecule has 1 aromatic rings. The standard InChI is InChI=1S/C6H4.C5H4N2O/c1-2-6-4-3-5(1)6;1-2-5-3-4-7(8)6-5/h1-4H;1,3-4,8H. The van der Waals surface area contributed by atoms with Crippen molar-refractivity contribution in [2.45, 2.75) is 0 Å². The highest BCUT2D eigenvalue weighted by molar-refractivity contribution is 5.75. The number of hydrogen-bond acceptors (Lipinski definition) is 2. The quantitative estimate of drug-likeness (QED) is 0.427. The number of hydrogen-bond donors (Lipinski definition) is 1. The Morgan fingerprint density at radius 2 is 1.71 bits per heavy atom. The summed E-state index contributed by atoms with van der Waals surface area (Å²) in [6.45, 7) is 0. The van der Waals surface area contributed by atoms with Gasteiger partial charge in [-0.25, -0.2) is 0 Å². The minimum Gasteiger partial charge on any atom is -0.412 e. The molecule has 0 unspecified atom stereocenters.